The highest BCUT2D eigenvalue weighted by atomic mass is 32.1. The predicted molar refractivity (Wildman–Crippen MR) is 82.8 cm³/mol. The van der Waals surface area contributed by atoms with Gasteiger partial charge in [0.25, 0.3) is 0 Å². The van der Waals surface area contributed by atoms with Gasteiger partial charge in [0, 0.05) is 12.1 Å². The fourth-order valence-corrected chi connectivity index (χ4v) is 3.26. The lowest BCUT2D eigenvalue weighted by Gasteiger charge is -2.04. The maximum absolute atomic E-state index is 5.81. The molecule has 0 atom stereocenters. The van der Waals surface area contributed by atoms with Gasteiger partial charge in [-0.3, -0.25) is 0 Å². The molecule has 0 amide bonds. The Hall–Kier alpha value is -1.87. The number of thiazole rings is 1. The van der Waals surface area contributed by atoms with Crippen LogP contribution in [0.2, 0.25) is 0 Å². The van der Waals surface area contributed by atoms with Gasteiger partial charge < -0.3 is 5.73 Å². The molecule has 2 N–H and O–H groups in total. The van der Waals surface area contributed by atoms with Crippen LogP contribution >= 0.6 is 11.3 Å². The van der Waals surface area contributed by atoms with Crippen LogP contribution in [-0.2, 0) is 6.42 Å². The van der Waals surface area contributed by atoms with Crippen LogP contribution in [0.1, 0.15) is 21.7 Å². The highest BCUT2D eigenvalue weighted by Gasteiger charge is 2.07. The summed E-state index contributed by atoms with van der Waals surface area (Å²) in [6.07, 6.45) is 0.896. The molecule has 3 heteroatoms. The number of benzene rings is 2. The number of anilines is 1. The second kappa shape index (κ2) is 4.67. The van der Waals surface area contributed by atoms with Gasteiger partial charge in [-0.25, -0.2) is 4.98 Å². The van der Waals surface area contributed by atoms with Crippen LogP contribution in [0.25, 0.3) is 10.2 Å². The van der Waals surface area contributed by atoms with Gasteiger partial charge >= 0.3 is 0 Å². The molecule has 1 heterocycles. The minimum absolute atomic E-state index is 0.800. The van der Waals surface area contributed by atoms with Gasteiger partial charge in [0.1, 0.15) is 0 Å². The Balaban J connectivity index is 1.98. The van der Waals surface area contributed by atoms with Gasteiger partial charge in [-0.05, 0) is 43.2 Å². The first-order valence-electron chi connectivity index (χ1n) is 6.33. The molecule has 0 saturated heterocycles. The van der Waals surface area contributed by atoms with Crippen LogP contribution in [0.5, 0.6) is 0 Å². The number of nitrogens with two attached hydrogens (primary N) is 1. The fraction of sp³-hybridized carbons (Fsp3) is 0.188. The van der Waals surface area contributed by atoms with Crippen molar-refractivity contribution >= 4 is 27.2 Å². The number of aryl methyl sites for hydroxylation is 2. The number of nitrogen functional groups attached to an aromatic ring is 1. The van der Waals surface area contributed by atoms with Crippen molar-refractivity contribution < 1.29 is 0 Å². The van der Waals surface area contributed by atoms with Gasteiger partial charge in [0.05, 0.1) is 15.2 Å². The molecule has 0 aliphatic heterocycles. The van der Waals surface area contributed by atoms with Crippen LogP contribution in [0.4, 0.5) is 5.69 Å². The van der Waals surface area contributed by atoms with Gasteiger partial charge in [-0.15, -0.1) is 11.3 Å². The summed E-state index contributed by atoms with van der Waals surface area (Å²) in [5.74, 6) is 0. The average Bonchev–Trinajstić information content (AvgIpc) is 2.75. The maximum Gasteiger partial charge on any atom is 0.0982 e. The molecular weight excluding hydrogens is 252 g/mol. The number of nitrogens with zero attached hydrogens (tertiary/aromatic N) is 1. The Morgan fingerprint density at radius 1 is 1.11 bits per heavy atom. The first-order chi connectivity index (χ1) is 9.11. The van der Waals surface area contributed by atoms with E-state index in [0.29, 0.717) is 0 Å². The molecule has 19 heavy (non-hydrogen) atoms. The SMILES string of the molecule is Cc1ccc(C)c(Cc2nc3ccc(N)cc3s2)c1. The first kappa shape index (κ1) is 12.2. The molecule has 2 nitrogen and oxygen atoms in total. The second-order valence-electron chi connectivity index (χ2n) is 4.94. The van der Waals surface area contributed by atoms with Gasteiger partial charge in [-0.2, -0.15) is 0 Å². The third kappa shape index (κ3) is 2.47. The van der Waals surface area contributed by atoms with Crippen molar-refractivity contribution in [3.8, 4) is 0 Å². The highest BCUT2D eigenvalue weighted by molar-refractivity contribution is 7.18. The maximum atomic E-state index is 5.81. The van der Waals surface area contributed by atoms with E-state index in [1.54, 1.807) is 11.3 Å². The van der Waals surface area contributed by atoms with E-state index in [2.05, 4.69) is 37.0 Å². The number of aromatic nitrogens is 1. The minimum atomic E-state index is 0.800. The largest absolute Gasteiger partial charge is 0.399 e. The quantitative estimate of drug-likeness (QED) is 0.711. The van der Waals surface area contributed by atoms with E-state index in [4.69, 9.17) is 5.73 Å². The summed E-state index contributed by atoms with van der Waals surface area (Å²) in [5, 5.41) is 1.15. The lowest BCUT2D eigenvalue weighted by molar-refractivity contribution is 1.12. The molecule has 0 saturated carbocycles. The summed E-state index contributed by atoms with van der Waals surface area (Å²) in [4.78, 5) is 4.68. The predicted octanol–water partition coefficient (Wildman–Crippen LogP) is 4.09. The van der Waals surface area contributed by atoms with Gasteiger partial charge in [0.2, 0.25) is 0 Å². The molecule has 0 radical (unpaired) electrons. The Kier molecular flexibility index (Phi) is 2.99. The third-order valence-corrected chi connectivity index (χ3v) is 4.32. The molecule has 0 bridgehead atoms. The average molecular weight is 268 g/mol. The minimum Gasteiger partial charge on any atom is -0.399 e. The first-order valence-corrected chi connectivity index (χ1v) is 7.14. The molecule has 3 rings (SSSR count). The molecule has 0 aliphatic carbocycles. The van der Waals surface area contributed by atoms with E-state index >= 15 is 0 Å². The van der Waals surface area contributed by atoms with Crippen LogP contribution in [0.15, 0.2) is 36.4 Å². The second-order valence-corrected chi connectivity index (χ2v) is 6.06. The summed E-state index contributed by atoms with van der Waals surface area (Å²) < 4.78 is 1.17. The van der Waals surface area contributed by atoms with Crippen molar-refractivity contribution in [3.05, 3.63) is 58.1 Å². The van der Waals surface area contributed by atoms with E-state index in [1.165, 1.54) is 21.4 Å². The Morgan fingerprint density at radius 3 is 2.79 bits per heavy atom. The zero-order valence-electron chi connectivity index (χ0n) is 11.1. The monoisotopic (exact) mass is 268 g/mol. The Labute approximate surface area is 116 Å². The van der Waals surface area contributed by atoms with Gasteiger partial charge in [0.15, 0.2) is 0 Å². The van der Waals surface area contributed by atoms with Crippen LogP contribution in [-0.4, -0.2) is 4.98 Å². The molecule has 1 aromatic heterocycles. The number of hydrogen-bond donors (Lipinski definition) is 1. The molecule has 96 valence electrons. The molecule has 0 fully saturated rings. The zero-order valence-corrected chi connectivity index (χ0v) is 11.9. The van der Waals surface area contributed by atoms with Gasteiger partial charge in [-0.1, -0.05) is 23.8 Å². The number of rotatable bonds is 2. The lowest BCUT2D eigenvalue weighted by atomic mass is 10.0. The molecule has 2 aromatic carbocycles. The Morgan fingerprint density at radius 2 is 1.95 bits per heavy atom. The normalized spacial score (nSPS) is 11.1. The number of hydrogen-bond acceptors (Lipinski definition) is 3. The summed E-state index contributed by atoms with van der Waals surface area (Å²) in [7, 11) is 0. The van der Waals surface area contributed by atoms with Crippen molar-refractivity contribution in [2.24, 2.45) is 0 Å². The molecule has 0 aliphatic rings. The third-order valence-electron chi connectivity index (χ3n) is 3.30. The van der Waals surface area contributed by atoms with E-state index in [-0.39, 0.29) is 0 Å². The summed E-state index contributed by atoms with van der Waals surface area (Å²) in [5.41, 5.74) is 11.6. The van der Waals surface area contributed by atoms with Crippen molar-refractivity contribution in [2.45, 2.75) is 20.3 Å². The lowest BCUT2D eigenvalue weighted by Crippen LogP contribution is -1.91. The fourth-order valence-electron chi connectivity index (χ4n) is 2.22. The highest BCUT2D eigenvalue weighted by Crippen LogP contribution is 2.26. The van der Waals surface area contributed by atoms with Crippen molar-refractivity contribution in [1.29, 1.82) is 0 Å². The number of fused-ring (bicyclic) bond motifs is 1. The summed E-state index contributed by atoms with van der Waals surface area (Å²) >= 11 is 1.73. The summed E-state index contributed by atoms with van der Waals surface area (Å²) in [6.45, 7) is 4.28. The molecular formula is C16H16N2S. The van der Waals surface area contributed by atoms with Crippen LogP contribution < -0.4 is 5.73 Å². The van der Waals surface area contributed by atoms with E-state index in [9.17, 15) is 0 Å². The van der Waals surface area contributed by atoms with Crippen LogP contribution in [0.3, 0.4) is 0 Å². The van der Waals surface area contributed by atoms with E-state index in [1.807, 2.05) is 18.2 Å². The van der Waals surface area contributed by atoms with Crippen molar-refractivity contribution in [1.82, 2.24) is 4.98 Å². The van der Waals surface area contributed by atoms with Crippen molar-refractivity contribution in [2.75, 3.05) is 5.73 Å². The van der Waals surface area contributed by atoms with E-state index in [0.717, 1.165) is 22.6 Å². The smallest absolute Gasteiger partial charge is 0.0982 e. The Bertz CT molecular complexity index is 744. The molecule has 0 unspecified atom stereocenters. The van der Waals surface area contributed by atoms with E-state index < -0.39 is 0 Å². The van der Waals surface area contributed by atoms with Crippen molar-refractivity contribution in [3.63, 3.8) is 0 Å². The molecule has 3 aromatic rings. The standard InChI is InChI=1S/C16H16N2S/c1-10-3-4-11(2)12(7-10)8-16-18-14-6-5-13(17)9-15(14)19-16/h3-7,9H,8,17H2,1-2H3. The van der Waals surface area contributed by atoms with Crippen LogP contribution in [0, 0.1) is 13.8 Å². The topological polar surface area (TPSA) is 38.9 Å². The molecule has 0 spiro atoms. The zero-order chi connectivity index (χ0) is 13.4. The summed E-state index contributed by atoms with van der Waals surface area (Å²) in [6, 6.07) is 12.5.